The molecule has 2 aliphatic rings. The first-order chi connectivity index (χ1) is 14.7. The fraction of sp³-hybridized carbons (Fsp3) is 0.577. The summed E-state index contributed by atoms with van der Waals surface area (Å²) in [6.07, 6.45) is 1.07. The van der Waals surface area contributed by atoms with Gasteiger partial charge in [0.25, 0.3) is 0 Å². The van der Waals surface area contributed by atoms with Crippen LogP contribution >= 0.6 is 0 Å². The fourth-order valence-corrected chi connectivity index (χ4v) is 4.97. The van der Waals surface area contributed by atoms with Gasteiger partial charge < -0.3 is 14.9 Å². The molecule has 0 radical (unpaired) electrons. The molecule has 0 saturated heterocycles. The summed E-state index contributed by atoms with van der Waals surface area (Å²) in [5.41, 5.74) is -1.73. The van der Waals surface area contributed by atoms with Crippen molar-refractivity contribution in [2.75, 3.05) is 0 Å². The number of Topliss-reactive ketones (excluding diaryl/α,β-unsaturated/α-hetero) is 3. The summed E-state index contributed by atoms with van der Waals surface area (Å²) in [5.74, 6) is -1.99. The van der Waals surface area contributed by atoms with E-state index in [-0.39, 0.29) is 57.8 Å². The molecule has 2 atom stereocenters. The highest BCUT2D eigenvalue weighted by molar-refractivity contribution is 6.20. The molecule has 3 rings (SSSR count). The maximum atomic E-state index is 13.6. The number of fused-ring (bicyclic) bond motifs is 1. The van der Waals surface area contributed by atoms with Crippen molar-refractivity contribution >= 4 is 17.3 Å². The van der Waals surface area contributed by atoms with E-state index in [4.69, 9.17) is 4.74 Å². The second-order valence-electron chi connectivity index (χ2n) is 10.6. The molecular weight excluding hydrogens is 408 g/mol. The molecule has 2 unspecified atom stereocenters. The Morgan fingerprint density at radius 1 is 1.09 bits per heavy atom. The smallest absolute Gasteiger partial charge is 0.175 e. The Bertz CT molecular complexity index is 1040. The lowest BCUT2D eigenvalue weighted by atomic mass is 9.59. The molecule has 6 heteroatoms. The standard InChI is InChI=1S/C26H34O6/c1-9-13(4)20(28)19-15(27)11-16-17(21(19)29)14(10-12(2)3)18-22(30)25(5,6)24(31)26(7,8)23(18)32-16/h11-14,27,29H,9-10H2,1-8H3. The van der Waals surface area contributed by atoms with Crippen LogP contribution in [0, 0.1) is 22.7 Å². The number of aromatic hydroxyl groups is 2. The molecule has 1 aliphatic carbocycles. The summed E-state index contributed by atoms with van der Waals surface area (Å²) in [5, 5.41) is 21.9. The Morgan fingerprint density at radius 2 is 1.69 bits per heavy atom. The second kappa shape index (κ2) is 7.75. The van der Waals surface area contributed by atoms with E-state index >= 15 is 0 Å². The second-order valence-corrected chi connectivity index (χ2v) is 10.6. The number of phenols is 2. The van der Waals surface area contributed by atoms with Gasteiger partial charge in [-0.1, -0.05) is 27.7 Å². The minimum atomic E-state index is -1.24. The molecule has 0 bridgehead atoms. The minimum Gasteiger partial charge on any atom is -0.507 e. The summed E-state index contributed by atoms with van der Waals surface area (Å²) in [4.78, 5) is 39.7. The van der Waals surface area contributed by atoms with Gasteiger partial charge in [0.1, 0.15) is 28.6 Å². The van der Waals surface area contributed by atoms with E-state index in [1.807, 2.05) is 20.8 Å². The Labute approximate surface area is 189 Å². The molecule has 0 spiro atoms. The quantitative estimate of drug-likeness (QED) is 0.474. The van der Waals surface area contributed by atoms with Crippen LogP contribution < -0.4 is 4.74 Å². The zero-order chi connectivity index (χ0) is 24.3. The maximum absolute atomic E-state index is 13.6. The first-order valence-corrected chi connectivity index (χ1v) is 11.3. The minimum absolute atomic E-state index is 0.141. The Morgan fingerprint density at radius 3 is 2.22 bits per heavy atom. The van der Waals surface area contributed by atoms with Crippen molar-refractivity contribution in [3.63, 3.8) is 0 Å². The molecule has 6 nitrogen and oxygen atoms in total. The molecule has 32 heavy (non-hydrogen) atoms. The van der Waals surface area contributed by atoms with Crippen molar-refractivity contribution in [2.45, 2.75) is 74.1 Å². The average Bonchev–Trinajstić information content (AvgIpc) is 2.69. The summed E-state index contributed by atoms with van der Waals surface area (Å²) < 4.78 is 6.09. The van der Waals surface area contributed by atoms with Gasteiger partial charge in [0.15, 0.2) is 17.3 Å². The van der Waals surface area contributed by atoms with Crippen LogP contribution in [0.1, 0.15) is 90.1 Å². The van der Waals surface area contributed by atoms with Gasteiger partial charge in [0.2, 0.25) is 0 Å². The van der Waals surface area contributed by atoms with E-state index in [0.29, 0.717) is 24.0 Å². The lowest BCUT2D eigenvalue weighted by Gasteiger charge is -2.45. The van der Waals surface area contributed by atoms with Gasteiger partial charge >= 0.3 is 0 Å². The lowest BCUT2D eigenvalue weighted by Crippen LogP contribution is -2.51. The Hall–Kier alpha value is -2.63. The van der Waals surface area contributed by atoms with E-state index in [1.54, 1.807) is 34.6 Å². The van der Waals surface area contributed by atoms with E-state index in [9.17, 15) is 24.6 Å². The van der Waals surface area contributed by atoms with Gasteiger partial charge in [-0.2, -0.15) is 0 Å². The van der Waals surface area contributed by atoms with Gasteiger partial charge in [-0.25, -0.2) is 0 Å². The number of benzene rings is 1. The van der Waals surface area contributed by atoms with Gasteiger partial charge in [-0.15, -0.1) is 0 Å². The van der Waals surface area contributed by atoms with Crippen molar-refractivity contribution in [1.29, 1.82) is 0 Å². The molecule has 2 N–H and O–H groups in total. The van der Waals surface area contributed by atoms with Gasteiger partial charge in [0, 0.05) is 29.0 Å². The van der Waals surface area contributed by atoms with Crippen molar-refractivity contribution in [1.82, 2.24) is 0 Å². The monoisotopic (exact) mass is 442 g/mol. The fourth-order valence-electron chi connectivity index (χ4n) is 4.97. The van der Waals surface area contributed by atoms with Crippen LogP contribution in [0.5, 0.6) is 17.2 Å². The van der Waals surface area contributed by atoms with Crippen LogP contribution in [-0.4, -0.2) is 27.6 Å². The number of phenolic OH excluding ortho intramolecular Hbond substituents is 2. The van der Waals surface area contributed by atoms with Crippen molar-refractivity contribution in [3.05, 3.63) is 28.5 Å². The Balaban J connectivity index is 2.34. The lowest BCUT2D eigenvalue weighted by molar-refractivity contribution is -0.144. The molecule has 1 aromatic carbocycles. The Kier molecular flexibility index (Phi) is 5.82. The van der Waals surface area contributed by atoms with E-state index < -0.39 is 16.7 Å². The third-order valence-electron chi connectivity index (χ3n) is 6.96. The molecular formula is C26H34O6. The molecule has 1 heterocycles. The maximum Gasteiger partial charge on any atom is 0.175 e. The summed E-state index contributed by atoms with van der Waals surface area (Å²) in [6, 6.07) is 1.33. The number of carbonyl (C=O) groups is 3. The van der Waals surface area contributed by atoms with E-state index in [2.05, 4.69) is 0 Å². The topological polar surface area (TPSA) is 101 Å². The predicted octanol–water partition coefficient (Wildman–Crippen LogP) is 5.31. The number of carbonyl (C=O) groups excluding carboxylic acids is 3. The first kappa shape index (κ1) is 24.0. The van der Waals surface area contributed by atoms with Crippen molar-refractivity contribution in [3.8, 4) is 17.2 Å². The summed E-state index contributed by atoms with van der Waals surface area (Å²) >= 11 is 0. The third-order valence-corrected chi connectivity index (χ3v) is 6.96. The zero-order valence-electron chi connectivity index (χ0n) is 20.3. The molecule has 1 aliphatic heterocycles. The van der Waals surface area contributed by atoms with Crippen LogP contribution in [-0.2, 0) is 9.59 Å². The first-order valence-electron chi connectivity index (χ1n) is 11.3. The van der Waals surface area contributed by atoms with Gasteiger partial charge in [-0.05, 0) is 46.5 Å². The van der Waals surface area contributed by atoms with Crippen molar-refractivity contribution in [2.24, 2.45) is 22.7 Å². The van der Waals surface area contributed by atoms with Crippen LogP contribution in [0.4, 0.5) is 0 Å². The molecule has 0 saturated carbocycles. The highest BCUT2D eigenvalue weighted by Crippen LogP contribution is 2.57. The molecule has 1 aromatic rings. The SMILES string of the molecule is CCC(C)C(=O)c1c(O)cc2c(c1O)C(CC(C)C)C1=C(O2)C(C)(C)C(=O)C(C)(C)C1=O. The highest BCUT2D eigenvalue weighted by Gasteiger charge is 2.57. The van der Waals surface area contributed by atoms with Crippen LogP contribution in [0.15, 0.2) is 17.4 Å². The van der Waals surface area contributed by atoms with E-state index in [1.165, 1.54) is 6.07 Å². The van der Waals surface area contributed by atoms with E-state index in [0.717, 1.165) is 0 Å². The number of hydrogen-bond acceptors (Lipinski definition) is 6. The highest BCUT2D eigenvalue weighted by atomic mass is 16.5. The molecule has 174 valence electrons. The average molecular weight is 443 g/mol. The number of rotatable bonds is 5. The van der Waals surface area contributed by atoms with Crippen LogP contribution in [0.25, 0.3) is 0 Å². The molecule has 0 aromatic heterocycles. The zero-order valence-corrected chi connectivity index (χ0v) is 20.3. The number of ether oxygens (including phenoxy) is 1. The molecule has 0 amide bonds. The normalized spacial score (nSPS) is 22.3. The van der Waals surface area contributed by atoms with Crippen LogP contribution in [0.2, 0.25) is 0 Å². The summed E-state index contributed by atoms with van der Waals surface area (Å²) in [6.45, 7) is 14.3. The van der Waals surface area contributed by atoms with Crippen molar-refractivity contribution < 1.29 is 29.3 Å². The van der Waals surface area contributed by atoms with Gasteiger partial charge in [0.05, 0.1) is 10.8 Å². The molecule has 0 fully saturated rings. The number of allylic oxidation sites excluding steroid dienone is 2. The van der Waals surface area contributed by atoms with Crippen LogP contribution in [0.3, 0.4) is 0 Å². The van der Waals surface area contributed by atoms with Gasteiger partial charge in [-0.3, -0.25) is 14.4 Å². The largest absolute Gasteiger partial charge is 0.507 e. The number of ketones is 3. The summed E-state index contributed by atoms with van der Waals surface area (Å²) in [7, 11) is 0. The third kappa shape index (κ3) is 3.35. The number of hydrogen-bond donors (Lipinski definition) is 2. The predicted molar refractivity (Wildman–Crippen MR) is 121 cm³/mol.